The number of hydrogen-bond acceptors (Lipinski definition) is 5. The number of nitrogens with zero attached hydrogens (tertiary/aromatic N) is 1. The summed E-state index contributed by atoms with van der Waals surface area (Å²) in [5.74, 6) is -2.19. The van der Waals surface area contributed by atoms with Crippen molar-refractivity contribution in [1.29, 1.82) is 0 Å². The van der Waals surface area contributed by atoms with Crippen molar-refractivity contribution in [3.63, 3.8) is 0 Å². The molecular formula is C10H10NNaO5. The molecule has 1 unspecified atom stereocenters. The second-order valence-corrected chi connectivity index (χ2v) is 3.88. The van der Waals surface area contributed by atoms with Gasteiger partial charge in [0, 0.05) is 6.92 Å². The zero-order valence-corrected chi connectivity index (χ0v) is 11.9. The van der Waals surface area contributed by atoms with E-state index in [1.807, 2.05) is 0 Å². The molecule has 0 aliphatic carbocycles. The van der Waals surface area contributed by atoms with Gasteiger partial charge < -0.3 is 19.5 Å². The van der Waals surface area contributed by atoms with Gasteiger partial charge in [-0.2, -0.15) is 0 Å². The first kappa shape index (κ1) is 14.2. The summed E-state index contributed by atoms with van der Waals surface area (Å²) in [6.07, 6.45) is -0.449. The normalized spacial score (nSPS) is 26.0. The molecule has 1 fully saturated rings. The number of ether oxygens (including phenoxy) is 1. The van der Waals surface area contributed by atoms with Crippen molar-refractivity contribution >= 4 is 17.8 Å². The molecule has 17 heavy (non-hydrogen) atoms. The van der Waals surface area contributed by atoms with Crippen LogP contribution in [0, 0.1) is 0 Å². The molecule has 7 heteroatoms. The Labute approximate surface area is 120 Å². The van der Waals surface area contributed by atoms with Crippen LogP contribution in [-0.4, -0.2) is 34.9 Å². The molecule has 0 aromatic carbocycles. The van der Waals surface area contributed by atoms with E-state index in [-0.39, 0.29) is 53.6 Å². The molecule has 6 nitrogen and oxygen atoms in total. The minimum absolute atomic E-state index is 0. The summed E-state index contributed by atoms with van der Waals surface area (Å²) in [7, 11) is 0. The Kier molecular flexibility index (Phi) is 4.01. The summed E-state index contributed by atoms with van der Waals surface area (Å²) in [4.78, 5) is 34.1. The largest absolute Gasteiger partial charge is 1.00 e. The number of carbonyl (C=O) groups excluding carboxylic acids is 3. The summed E-state index contributed by atoms with van der Waals surface area (Å²) >= 11 is 0. The van der Waals surface area contributed by atoms with Gasteiger partial charge in [-0.1, -0.05) is 0 Å². The van der Waals surface area contributed by atoms with Crippen molar-refractivity contribution in [2.75, 3.05) is 0 Å². The first-order valence-corrected chi connectivity index (χ1v) is 4.85. The van der Waals surface area contributed by atoms with Crippen LogP contribution in [0.5, 0.6) is 0 Å². The van der Waals surface area contributed by atoms with Crippen molar-refractivity contribution < 1.29 is 53.8 Å². The molecule has 0 radical (unpaired) electrons. The van der Waals surface area contributed by atoms with Gasteiger partial charge in [-0.05, 0) is 12.5 Å². The van der Waals surface area contributed by atoms with Gasteiger partial charge in [-0.25, -0.2) is 0 Å². The number of carbonyl (C=O) groups is 3. The minimum Gasteiger partial charge on any atom is -0.543 e. The van der Waals surface area contributed by atoms with Crippen LogP contribution in [0.15, 0.2) is 11.3 Å². The molecule has 1 amide bonds. The van der Waals surface area contributed by atoms with Crippen molar-refractivity contribution in [1.82, 2.24) is 4.90 Å². The third-order valence-corrected chi connectivity index (χ3v) is 2.86. The average molecular weight is 247 g/mol. The van der Waals surface area contributed by atoms with Crippen LogP contribution in [0.3, 0.4) is 0 Å². The smallest absolute Gasteiger partial charge is 0.543 e. The fraction of sp³-hybridized carbons (Fsp3) is 0.500. The molecule has 1 saturated heterocycles. The summed E-state index contributed by atoms with van der Waals surface area (Å²) < 4.78 is 5.00. The van der Waals surface area contributed by atoms with Gasteiger partial charge in [0.1, 0.15) is 6.10 Å². The molecule has 0 aromatic heterocycles. The van der Waals surface area contributed by atoms with Crippen molar-refractivity contribution in [2.45, 2.75) is 32.4 Å². The summed E-state index contributed by atoms with van der Waals surface area (Å²) in [5, 5.41) is 10.9. The van der Waals surface area contributed by atoms with Crippen molar-refractivity contribution in [3.05, 3.63) is 11.3 Å². The molecule has 2 atom stereocenters. The number of carboxylic acid groups (broad SMARTS) is 1. The molecule has 0 bridgehead atoms. The van der Waals surface area contributed by atoms with Crippen molar-refractivity contribution in [2.24, 2.45) is 0 Å². The van der Waals surface area contributed by atoms with E-state index in [0.717, 1.165) is 4.90 Å². The number of esters is 1. The second kappa shape index (κ2) is 4.80. The first-order chi connectivity index (χ1) is 7.43. The monoisotopic (exact) mass is 247 g/mol. The van der Waals surface area contributed by atoms with Gasteiger partial charge in [0.15, 0.2) is 0 Å². The van der Waals surface area contributed by atoms with E-state index in [1.54, 1.807) is 0 Å². The van der Waals surface area contributed by atoms with Crippen LogP contribution in [0.25, 0.3) is 0 Å². The van der Waals surface area contributed by atoms with Crippen molar-refractivity contribution in [3.8, 4) is 0 Å². The first-order valence-electron chi connectivity index (χ1n) is 4.85. The van der Waals surface area contributed by atoms with Gasteiger partial charge in [-0.15, -0.1) is 0 Å². The molecule has 0 N–H and O–H groups in total. The molecular weight excluding hydrogens is 237 g/mol. The number of β-lactam (4-membered cyclic amide) rings is 1. The summed E-state index contributed by atoms with van der Waals surface area (Å²) in [6, 6.07) is -0.371. The molecule has 0 saturated carbocycles. The molecule has 0 spiro atoms. The standard InChI is InChI=1S/C10H11NO5.Na/c1-4-8(10(14)15)11-6(3-7(11)13)9(4)16-5(2)12;/h6,9H,3H2,1-2H3,(H,14,15);/q;+1/p-1/t6-,9?;/m0./s1. The second-order valence-electron chi connectivity index (χ2n) is 3.88. The maximum Gasteiger partial charge on any atom is 1.00 e. The van der Waals surface area contributed by atoms with Crippen LogP contribution >= 0.6 is 0 Å². The van der Waals surface area contributed by atoms with Gasteiger partial charge in [0.25, 0.3) is 0 Å². The molecule has 2 rings (SSSR count). The minimum atomic E-state index is -1.41. The van der Waals surface area contributed by atoms with E-state index < -0.39 is 18.0 Å². The van der Waals surface area contributed by atoms with E-state index in [2.05, 4.69) is 0 Å². The fourth-order valence-corrected chi connectivity index (χ4v) is 2.19. The molecule has 0 aromatic rings. The Morgan fingerprint density at radius 1 is 1.47 bits per heavy atom. The van der Waals surface area contributed by atoms with Crippen LogP contribution in [-0.2, 0) is 19.1 Å². The van der Waals surface area contributed by atoms with Gasteiger partial charge in [-0.3, -0.25) is 9.59 Å². The Balaban J connectivity index is 0.00000144. The number of carboxylic acids is 1. The van der Waals surface area contributed by atoms with Crippen LogP contribution in [0.2, 0.25) is 0 Å². The number of hydrogen-bond donors (Lipinski definition) is 0. The summed E-state index contributed by atoms with van der Waals surface area (Å²) in [6.45, 7) is 2.78. The molecule has 2 aliphatic rings. The number of aliphatic carboxylic acids is 1. The van der Waals surface area contributed by atoms with E-state index >= 15 is 0 Å². The number of amides is 1. The molecule has 86 valence electrons. The summed E-state index contributed by atoms with van der Waals surface area (Å²) in [5.41, 5.74) is 0.207. The average Bonchev–Trinajstić information content (AvgIpc) is 2.37. The fourth-order valence-electron chi connectivity index (χ4n) is 2.19. The van der Waals surface area contributed by atoms with E-state index in [9.17, 15) is 19.5 Å². The number of rotatable bonds is 2. The van der Waals surface area contributed by atoms with Gasteiger partial charge in [0.2, 0.25) is 5.91 Å². The predicted molar refractivity (Wildman–Crippen MR) is 48.5 cm³/mol. The Morgan fingerprint density at radius 2 is 2.06 bits per heavy atom. The zero-order valence-electron chi connectivity index (χ0n) is 9.85. The SMILES string of the molecule is CC(=O)OC1C(C)=C(C(=O)[O-])N2C(=O)C[C@@H]12.[Na+]. The van der Waals surface area contributed by atoms with Gasteiger partial charge in [0.05, 0.1) is 24.1 Å². The third kappa shape index (κ3) is 2.12. The zero-order chi connectivity index (χ0) is 12.0. The number of fused-ring (bicyclic) bond motifs is 1. The van der Waals surface area contributed by atoms with Crippen LogP contribution < -0.4 is 34.7 Å². The van der Waals surface area contributed by atoms with E-state index in [4.69, 9.17) is 4.74 Å². The maximum absolute atomic E-state index is 11.3. The Hall–Kier alpha value is -0.850. The van der Waals surface area contributed by atoms with Crippen LogP contribution in [0.1, 0.15) is 20.3 Å². The Morgan fingerprint density at radius 3 is 2.41 bits per heavy atom. The molecule has 2 aliphatic heterocycles. The van der Waals surface area contributed by atoms with Crippen LogP contribution in [0.4, 0.5) is 0 Å². The topological polar surface area (TPSA) is 86.7 Å². The quantitative estimate of drug-likeness (QED) is 0.279. The van der Waals surface area contributed by atoms with Gasteiger partial charge >= 0.3 is 35.5 Å². The van der Waals surface area contributed by atoms with E-state index in [1.165, 1.54) is 13.8 Å². The Bertz CT molecular complexity index is 430. The van der Waals surface area contributed by atoms with E-state index in [0.29, 0.717) is 5.57 Å². The molecule has 2 heterocycles. The third-order valence-electron chi connectivity index (χ3n) is 2.86. The maximum atomic E-state index is 11.3. The predicted octanol–water partition coefficient (Wildman–Crippen LogP) is -4.44.